The third-order valence-corrected chi connectivity index (χ3v) is 5.02. The fraction of sp³-hybridized carbons (Fsp3) is 0.318. The zero-order valence-corrected chi connectivity index (χ0v) is 16.0. The smallest absolute Gasteiger partial charge is 0.255 e. The predicted molar refractivity (Wildman–Crippen MR) is 108 cm³/mol. The van der Waals surface area contributed by atoms with E-state index in [1.165, 1.54) is 6.42 Å². The Bertz CT molecular complexity index is 963. The van der Waals surface area contributed by atoms with E-state index in [0.29, 0.717) is 12.2 Å². The van der Waals surface area contributed by atoms with Gasteiger partial charge in [-0.25, -0.2) is 0 Å². The molecule has 0 spiro atoms. The Kier molecular flexibility index (Phi) is 5.48. The summed E-state index contributed by atoms with van der Waals surface area (Å²) in [6.07, 6.45) is 4.51. The molecule has 1 amide bonds. The summed E-state index contributed by atoms with van der Waals surface area (Å²) in [5, 5.41) is 11.8. The van der Waals surface area contributed by atoms with Gasteiger partial charge in [0.25, 0.3) is 5.91 Å². The molecule has 0 saturated heterocycles. The quantitative estimate of drug-likeness (QED) is 0.729. The number of methoxy groups -OCH3 is 1. The molecular weight excluding hydrogens is 352 g/mol. The highest BCUT2D eigenvalue weighted by molar-refractivity contribution is 6.04. The Labute approximate surface area is 164 Å². The van der Waals surface area contributed by atoms with Crippen LogP contribution in [0.15, 0.2) is 48.5 Å². The number of hydrogen-bond acceptors (Lipinski definition) is 4. The average molecular weight is 376 g/mol. The number of hydrogen-bond donors (Lipinski definition) is 1. The number of anilines is 1. The van der Waals surface area contributed by atoms with E-state index in [9.17, 15) is 4.79 Å². The van der Waals surface area contributed by atoms with Crippen LogP contribution in [0.4, 0.5) is 5.69 Å². The fourth-order valence-corrected chi connectivity index (χ4v) is 3.56. The van der Waals surface area contributed by atoms with E-state index in [1.807, 2.05) is 48.5 Å². The minimum Gasteiger partial charge on any atom is -0.380 e. The van der Waals surface area contributed by atoms with Crippen LogP contribution in [0.25, 0.3) is 11.4 Å². The van der Waals surface area contributed by atoms with Crippen molar-refractivity contribution in [2.24, 2.45) is 0 Å². The van der Waals surface area contributed by atoms with Gasteiger partial charge in [0.2, 0.25) is 0 Å². The summed E-state index contributed by atoms with van der Waals surface area (Å²) >= 11 is 0. The van der Waals surface area contributed by atoms with Gasteiger partial charge in [0, 0.05) is 36.9 Å². The summed E-state index contributed by atoms with van der Waals surface area (Å²) in [6.45, 7) is 1.48. The monoisotopic (exact) mass is 376 g/mol. The molecular formula is C22H24N4O2. The third-order valence-electron chi connectivity index (χ3n) is 5.02. The lowest BCUT2D eigenvalue weighted by Crippen LogP contribution is -2.12. The first-order chi connectivity index (χ1) is 13.7. The number of aryl methyl sites for hydroxylation is 1. The van der Waals surface area contributed by atoms with E-state index in [4.69, 9.17) is 4.74 Å². The number of fused-ring (bicyclic) bond motifs is 1. The third kappa shape index (κ3) is 3.97. The van der Waals surface area contributed by atoms with Crippen LogP contribution >= 0.6 is 0 Å². The number of benzene rings is 2. The van der Waals surface area contributed by atoms with Gasteiger partial charge >= 0.3 is 0 Å². The molecule has 6 nitrogen and oxygen atoms in total. The molecule has 144 valence electrons. The molecule has 2 heterocycles. The van der Waals surface area contributed by atoms with E-state index in [-0.39, 0.29) is 5.91 Å². The fourth-order valence-electron chi connectivity index (χ4n) is 3.56. The summed E-state index contributed by atoms with van der Waals surface area (Å²) in [5.41, 5.74) is 3.36. The molecule has 1 aliphatic heterocycles. The van der Waals surface area contributed by atoms with Crippen LogP contribution in [0.3, 0.4) is 0 Å². The van der Waals surface area contributed by atoms with Gasteiger partial charge in [-0.1, -0.05) is 30.7 Å². The van der Waals surface area contributed by atoms with Crippen molar-refractivity contribution in [1.82, 2.24) is 14.8 Å². The predicted octanol–water partition coefficient (Wildman–Crippen LogP) is 4.07. The molecule has 0 fully saturated rings. The highest BCUT2D eigenvalue weighted by Gasteiger charge is 2.16. The van der Waals surface area contributed by atoms with Crippen LogP contribution < -0.4 is 5.32 Å². The zero-order chi connectivity index (χ0) is 19.3. The zero-order valence-electron chi connectivity index (χ0n) is 16.0. The molecule has 0 atom stereocenters. The highest BCUT2D eigenvalue weighted by Crippen LogP contribution is 2.25. The van der Waals surface area contributed by atoms with Crippen molar-refractivity contribution in [2.75, 3.05) is 12.4 Å². The van der Waals surface area contributed by atoms with Gasteiger partial charge in [0.05, 0.1) is 6.61 Å². The largest absolute Gasteiger partial charge is 0.380 e. The Balaban J connectivity index is 1.53. The maximum absolute atomic E-state index is 12.6. The number of amides is 1. The van der Waals surface area contributed by atoms with Crippen molar-refractivity contribution in [3.05, 3.63) is 65.5 Å². The maximum Gasteiger partial charge on any atom is 0.255 e. The Hall–Kier alpha value is -2.99. The molecule has 4 rings (SSSR count). The van der Waals surface area contributed by atoms with Crippen molar-refractivity contribution in [3.63, 3.8) is 0 Å². The van der Waals surface area contributed by atoms with Gasteiger partial charge < -0.3 is 14.6 Å². The van der Waals surface area contributed by atoms with Crippen LogP contribution in [-0.2, 0) is 24.3 Å². The molecule has 1 aliphatic rings. The van der Waals surface area contributed by atoms with E-state index in [0.717, 1.165) is 54.3 Å². The minimum atomic E-state index is -0.138. The Morgan fingerprint density at radius 2 is 1.96 bits per heavy atom. The van der Waals surface area contributed by atoms with E-state index in [1.54, 1.807) is 7.11 Å². The molecule has 0 aliphatic carbocycles. The summed E-state index contributed by atoms with van der Waals surface area (Å²) in [4.78, 5) is 12.6. The molecule has 1 aromatic heterocycles. The standard InChI is InChI=1S/C22H24N4O2/c1-28-15-16-9-11-17(12-10-16)22(27)23-19-7-5-6-18(14-19)21-25-24-20-8-3-2-4-13-26(20)21/h5-7,9-12,14H,2-4,8,13,15H2,1H3,(H,23,27). The Morgan fingerprint density at radius 3 is 2.79 bits per heavy atom. The van der Waals surface area contributed by atoms with Gasteiger partial charge in [-0.15, -0.1) is 10.2 Å². The van der Waals surface area contributed by atoms with Crippen LogP contribution in [0.1, 0.15) is 41.0 Å². The number of carbonyl (C=O) groups is 1. The molecule has 0 unspecified atom stereocenters. The molecule has 1 N–H and O–H groups in total. The van der Waals surface area contributed by atoms with E-state index >= 15 is 0 Å². The van der Waals surface area contributed by atoms with Crippen molar-refractivity contribution >= 4 is 11.6 Å². The van der Waals surface area contributed by atoms with Crippen LogP contribution in [-0.4, -0.2) is 27.8 Å². The number of nitrogens with one attached hydrogen (secondary N) is 1. The molecule has 0 saturated carbocycles. The van der Waals surface area contributed by atoms with Crippen LogP contribution in [0.5, 0.6) is 0 Å². The van der Waals surface area contributed by atoms with Crippen LogP contribution in [0, 0.1) is 0 Å². The lowest BCUT2D eigenvalue weighted by atomic mass is 10.1. The number of carbonyl (C=O) groups excluding carboxylic acids is 1. The number of rotatable bonds is 5. The van der Waals surface area contributed by atoms with Crippen molar-refractivity contribution < 1.29 is 9.53 Å². The highest BCUT2D eigenvalue weighted by atomic mass is 16.5. The van der Waals surface area contributed by atoms with Crippen LogP contribution in [0.2, 0.25) is 0 Å². The molecule has 3 aromatic rings. The molecule has 2 aromatic carbocycles. The second-order valence-electron chi connectivity index (χ2n) is 7.07. The first kappa shape index (κ1) is 18.4. The topological polar surface area (TPSA) is 69.0 Å². The van der Waals surface area contributed by atoms with Crippen molar-refractivity contribution in [2.45, 2.75) is 38.8 Å². The normalized spacial score (nSPS) is 13.6. The Morgan fingerprint density at radius 1 is 1.11 bits per heavy atom. The van der Waals surface area contributed by atoms with Gasteiger partial charge in [-0.05, 0) is 42.7 Å². The summed E-state index contributed by atoms with van der Waals surface area (Å²) in [7, 11) is 1.65. The first-order valence-electron chi connectivity index (χ1n) is 9.66. The molecule has 0 radical (unpaired) electrons. The molecule has 6 heteroatoms. The number of nitrogens with zero attached hydrogens (tertiary/aromatic N) is 3. The van der Waals surface area contributed by atoms with E-state index < -0.39 is 0 Å². The van der Waals surface area contributed by atoms with Gasteiger partial charge in [0.1, 0.15) is 5.82 Å². The van der Waals surface area contributed by atoms with Gasteiger partial charge in [-0.3, -0.25) is 4.79 Å². The summed E-state index contributed by atoms with van der Waals surface area (Å²) in [6, 6.07) is 15.2. The second kappa shape index (κ2) is 8.35. The van der Waals surface area contributed by atoms with Crippen molar-refractivity contribution in [1.29, 1.82) is 0 Å². The van der Waals surface area contributed by atoms with E-state index in [2.05, 4.69) is 20.1 Å². The summed E-state index contributed by atoms with van der Waals surface area (Å²) < 4.78 is 7.32. The lowest BCUT2D eigenvalue weighted by Gasteiger charge is -2.10. The SMILES string of the molecule is COCc1ccc(C(=O)Nc2cccc(-c3nnc4n3CCCCC4)c2)cc1. The van der Waals surface area contributed by atoms with Crippen molar-refractivity contribution in [3.8, 4) is 11.4 Å². The molecule has 0 bridgehead atoms. The van der Waals surface area contributed by atoms with Gasteiger partial charge in [-0.2, -0.15) is 0 Å². The molecule has 28 heavy (non-hydrogen) atoms. The summed E-state index contributed by atoms with van der Waals surface area (Å²) in [5.74, 6) is 1.79. The second-order valence-corrected chi connectivity index (χ2v) is 7.07. The average Bonchev–Trinajstić information content (AvgIpc) is 2.97. The van der Waals surface area contributed by atoms with Gasteiger partial charge in [0.15, 0.2) is 5.82 Å². The number of ether oxygens (including phenoxy) is 1. The lowest BCUT2D eigenvalue weighted by molar-refractivity contribution is 0.102. The minimum absolute atomic E-state index is 0.138. The number of aromatic nitrogens is 3. The maximum atomic E-state index is 12.6. The first-order valence-corrected chi connectivity index (χ1v) is 9.66.